The summed E-state index contributed by atoms with van der Waals surface area (Å²) in [5, 5.41) is 6.70. The van der Waals surface area contributed by atoms with Crippen molar-refractivity contribution in [2.45, 2.75) is 20.4 Å². The first-order valence-electron chi connectivity index (χ1n) is 5.56. The molecular weight excluding hydrogens is 230 g/mol. The van der Waals surface area contributed by atoms with Crippen LogP contribution in [-0.4, -0.2) is 20.7 Å². The maximum absolute atomic E-state index is 11.8. The fraction of sp³-hybridized carbons (Fsp3) is 0.250. The molecule has 0 radical (unpaired) electrons. The summed E-state index contributed by atoms with van der Waals surface area (Å²) in [7, 11) is 0. The third-order valence-corrected chi connectivity index (χ3v) is 2.53. The predicted molar refractivity (Wildman–Crippen MR) is 69.0 cm³/mol. The third-order valence-electron chi connectivity index (χ3n) is 2.53. The highest BCUT2D eigenvalue weighted by Gasteiger charge is 2.07. The maximum Gasteiger partial charge on any atom is 0.246 e. The van der Waals surface area contributed by atoms with Gasteiger partial charge in [-0.15, -0.1) is 5.10 Å². The van der Waals surface area contributed by atoms with Crippen molar-refractivity contribution < 1.29 is 4.79 Å². The molecule has 2 aromatic rings. The molecule has 1 aromatic carbocycles. The minimum atomic E-state index is -0.159. The van der Waals surface area contributed by atoms with E-state index in [0.29, 0.717) is 0 Å². The first-order chi connectivity index (χ1) is 8.54. The smallest absolute Gasteiger partial charge is 0.246 e. The molecule has 0 aliphatic carbocycles. The second-order valence-corrected chi connectivity index (χ2v) is 4.17. The highest BCUT2D eigenvalue weighted by atomic mass is 16.2. The van der Waals surface area contributed by atoms with E-state index in [1.54, 1.807) is 0 Å². The van der Waals surface area contributed by atoms with Gasteiger partial charge in [-0.1, -0.05) is 12.1 Å². The number of carbonyl (C=O) groups is 1. The standard InChI is InChI=1S/C12H15N5O/c1-8-3-4-9(2)10(5-8)15-11(18)6-17-7-14-12(13)16-17/h3-5,7H,6H2,1-2H3,(H2,13,16)(H,15,18). The van der Waals surface area contributed by atoms with Crippen LogP contribution in [-0.2, 0) is 11.3 Å². The number of nitrogen functional groups attached to an aromatic ring is 1. The molecule has 1 amide bonds. The summed E-state index contributed by atoms with van der Waals surface area (Å²) in [5.74, 6) is 0.00290. The van der Waals surface area contributed by atoms with Crippen LogP contribution in [0.3, 0.4) is 0 Å². The van der Waals surface area contributed by atoms with Crippen LogP contribution in [0.15, 0.2) is 24.5 Å². The van der Waals surface area contributed by atoms with E-state index in [4.69, 9.17) is 5.73 Å². The second kappa shape index (κ2) is 4.87. The van der Waals surface area contributed by atoms with Gasteiger partial charge in [-0.25, -0.2) is 9.67 Å². The lowest BCUT2D eigenvalue weighted by molar-refractivity contribution is -0.116. The van der Waals surface area contributed by atoms with Crippen molar-refractivity contribution >= 4 is 17.5 Å². The Labute approximate surface area is 105 Å². The fourth-order valence-corrected chi connectivity index (χ4v) is 1.59. The molecule has 1 aromatic heterocycles. The topological polar surface area (TPSA) is 85.8 Å². The van der Waals surface area contributed by atoms with E-state index in [1.165, 1.54) is 11.0 Å². The number of aryl methyl sites for hydroxylation is 2. The molecule has 0 saturated carbocycles. The van der Waals surface area contributed by atoms with Crippen molar-refractivity contribution in [3.8, 4) is 0 Å². The number of anilines is 2. The Kier molecular flexibility index (Phi) is 3.27. The van der Waals surface area contributed by atoms with Gasteiger partial charge in [-0.3, -0.25) is 4.79 Å². The summed E-state index contributed by atoms with van der Waals surface area (Å²) in [6.07, 6.45) is 1.43. The van der Waals surface area contributed by atoms with Crippen molar-refractivity contribution in [2.24, 2.45) is 0 Å². The number of rotatable bonds is 3. The molecule has 1 heterocycles. The number of nitrogens with zero attached hydrogens (tertiary/aromatic N) is 3. The van der Waals surface area contributed by atoms with Crippen LogP contribution in [0.4, 0.5) is 11.6 Å². The molecule has 0 saturated heterocycles. The van der Waals surface area contributed by atoms with Crippen molar-refractivity contribution in [3.05, 3.63) is 35.7 Å². The first-order valence-corrected chi connectivity index (χ1v) is 5.56. The van der Waals surface area contributed by atoms with Gasteiger partial charge in [-0.2, -0.15) is 0 Å². The van der Waals surface area contributed by atoms with E-state index in [2.05, 4.69) is 15.4 Å². The second-order valence-electron chi connectivity index (χ2n) is 4.17. The SMILES string of the molecule is Cc1ccc(C)c(NC(=O)Cn2cnc(N)n2)c1. The Morgan fingerprint density at radius 1 is 1.44 bits per heavy atom. The molecule has 0 unspecified atom stereocenters. The summed E-state index contributed by atoms with van der Waals surface area (Å²) in [5.41, 5.74) is 8.31. The average molecular weight is 245 g/mol. The van der Waals surface area contributed by atoms with Crippen LogP contribution in [0.2, 0.25) is 0 Å². The zero-order valence-corrected chi connectivity index (χ0v) is 10.3. The zero-order chi connectivity index (χ0) is 13.1. The highest BCUT2D eigenvalue weighted by Crippen LogP contribution is 2.16. The lowest BCUT2D eigenvalue weighted by atomic mass is 10.1. The minimum Gasteiger partial charge on any atom is -0.367 e. The highest BCUT2D eigenvalue weighted by molar-refractivity contribution is 5.91. The molecule has 6 heteroatoms. The molecule has 0 aliphatic heterocycles. The minimum absolute atomic E-state index is 0.0948. The van der Waals surface area contributed by atoms with E-state index in [0.717, 1.165) is 16.8 Å². The molecule has 0 fully saturated rings. The number of benzene rings is 1. The van der Waals surface area contributed by atoms with Crippen LogP contribution < -0.4 is 11.1 Å². The lowest BCUT2D eigenvalue weighted by Crippen LogP contribution is -2.19. The van der Waals surface area contributed by atoms with E-state index < -0.39 is 0 Å². The van der Waals surface area contributed by atoms with Gasteiger partial charge in [0.2, 0.25) is 11.9 Å². The van der Waals surface area contributed by atoms with Gasteiger partial charge in [0.25, 0.3) is 0 Å². The monoisotopic (exact) mass is 245 g/mol. The number of aromatic nitrogens is 3. The molecule has 18 heavy (non-hydrogen) atoms. The molecule has 3 N–H and O–H groups in total. The summed E-state index contributed by atoms with van der Waals surface area (Å²) < 4.78 is 1.40. The third kappa shape index (κ3) is 2.85. The lowest BCUT2D eigenvalue weighted by Gasteiger charge is -2.09. The van der Waals surface area contributed by atoms with E-state index in [-0.39, 0.29) is 18.4 Å². The van der Waals surface area contributed by atoms with Crippen LogP contribution >= 0.6 is 0 Å². The van der Waals surface area contributed by atoms with Crippen molar-refractivity contribution in [2.75, 3.05) is 11.1 Å². The molecular formula is C12H15N5O. The number of hydrogen-bond donors (Lipinski definition) is 2. The van der Waals surface area contributed by atoms with Crippen molar-refractivity contribution in [1.82, 2.24) is 14.8 Å². The van der Waals surface area contributed by atoms with Gasteiger partial charge >= 0.3 is 0 Å². The van der Waals surface area contributed by atoms with Gasteiger partial charge in [0.15, 0.2) is 0 Å². The summed E-state index contributed by atoms with van der Waals surface area (Å²) in [6.45, 7) is 4.02. The van der Waals surface area contributed by atoms with Crippen LogP contribution in [0.5, 0.6) is 0 Å². The summed E-state index contributed by atoms with van der Waals surface area (Å²) in [4.78, 5) is 15.6. The quantitative estimate of drug-likeness (QED) is 0.848. The number of carbonyl (C=O) groups excluding carboxylic acids is 1. The van der Waals surface area contributed by atoms with E-state index in [1.807, 2.05) is 32.0 Å². The van der Waals surface area contributed by atoms with Crippen molar-refractivity contribution in [1.29, 1.82) is 0 Å². The summed E-state index contributed by atoms with van der Waals surface area (Å²) >= 11 is 0. The Bertz CT molecular complexity index is 576. The number of amides is 1. The first kappa shape index (κ1) is 12.1. The van der Waals surface area contributed by atoms with Crippen LogP contribution in [0, 0.1) is 13.8 Å². The molecule has 94 valence electrons. The Hall–Kier alpha value is -2.37. The summed E-state index contributed by atoms with van der Waals surface area (Å²) in [6, 6.07) is 5.91. The van der Waals surface area contributed by atoms with Crippen LogP contribution in [0.25, 0.3) is 0 Å². The molecule has 2 rings (SSSR count). The van der Waals surface area contributed by atoms with Gasteiger partial charge in [0.1, 0.15) is 12.9 Å². The average Bonchev–Trinajstić information content (AvgIpc) is 2.69. The predicted octanol–water partition coefficient (Wildman–Crippen LogP) is 1.12. The largest absolute Gasteiger partial charge is 0.367 e. The van der Waals surface area contributed by atoms with Crippen LogP contribution in [0.1, 0.15) is 11.1 Å². The molecule has 0 atom stereocenters. The van der Waals surface area contributed by atoms with Gasteiger partial charge in [-0.05, 0) is 31.0 Å². The Balaban J connectivity index is 2.05. The number of nitrogens with two attached hydrogens (primary N) is 1. The zero-order valence-electron chi connectivity index (χ0n) is 10.3. The van der Waals surface area contributed by atoms with Crippen molar-refractivity contribution in [3.63, 3.8) is 0 Å². The Morgan fingerprint density at radius 3 is 2.89 bits per heavy atom. The normalized spacial score (nSPS) is 10.3. The van der Waals surface area contributed by atoms with Gasteiger partial charge in [0.05, 0.1) is 0 Å². The molecule has 0 spiro atoms. The molecule has 6 nitrogen and oxygen atoms in total. The van der Waals surface area contributed by atoms with E-state index >= 15 is 0 Å². The molecule has 0 aliphatic rings. The molecule has 0 bridgehead atoms. The number of nitrogens with one attached hydrogen (secondary N) is 1. The van der Waals surface area contributed by atoms with E-state index in [9.17, 15) is 4.79 Å². The number of hydrogen-bond acceptors (Lipinski definition) is 4. The maximum atomic E-state index is 11.8. The van der Waals surface area contributed by atoms with Gasteiger partial charge < -0.3 is 11.1 Å². The fourth-order valence-electron chi connectivity index (χ4n) is 1.59. The van der Waals surface area contributed by atoms with Gasteiger partial charge in [0, 0.05) is 5.69 Å². The Morgan fingerprint density at radius 2 is 2.22 bits per heavy atom.